The first-order valence-electron chi connectivity index (χ1n) is 7.69. The van der Waals surface area contributed by atoms with Crippen molar-refractivity contribution in [1.82, 2.24) is 10.6 Å². The predicted molar refractivity (Wildman–Crippen MR) is 86.3 cm³/mol. The van der Waals surface area contributed by atoms with Crippen LogP contribution in [0.2, 0.25) is 0 Å². The normalized spacial score (nSPS) is 14.9. The molecule has 110 valence electrons. The summed E-state index contributed by atoms with van der Waals surface area (Å²) in [6.45, 7) is 5.90. The molecule has 4 heteroatoms. The summed E-state index contributed by atoms with van der Waals surface area (Å²) in [4.78, 5) is 4.61. The van der Waals surface area contributed by atoms with E-state index in [1.807, 2.05) is 18.2 Å². The minimum atomic E-state index is 0.838. The number of nitrogens with one attached hydrogen (secondary N) is 3. The molecule has 1 aliphatic rings. The highest BCUT2D eigenvalue weighted by atomic mass is 15.2. The highest BCUT2D eigenvalue weighted by Crippen LogP contribution is 2.28. The van der Waals surface area contributed by atoms with Crippen molar-refractivity contribution in [3.05, 3.63) is 30.3 Å². The van der Waals surface area contributed by atoms with E-state index < -0.39 is 0 Å². The Balaban J connectivity index is 1.59. The predicted octanol–water partition coefficient (Wildman–Crippen LogP) is 2.45. The zero-order valence-corrected chi connectivity index (χ0v) is 12.4. The highest BCUT2D eigenvalue weighted by molar-refractivity contribution is 5.79. The number of aliphatic imine (C=N–C) groups is 1. The van der Waals surface area contributed by atoms with Gasteiger partial charge in [0.2, 0.25) is 0 Å². The molecule has 1 fully saturated rings. The van der Waals surface area contributed by atoms with Crippen molar-refractivity contribution >= 4 is 11.6 Å². The lowest BCUT2D eigenvalue weighted by Crippen LogP contribution is -2.38. The Labute approximate surface area is 122 Å². The minimum Gasteiger partial charge on any atom is -0.385 e. The molecule has 0 aromatic heterocycles. The maximum atomic E-state index is 4.61. The molecule has 0 saturated heterocycles. The van der Waals surface area contributed by atoms with E-state index in [2.05, 4.69) is 40.0 Å². The molecule has 0 unspecified atom stereocenters. The monoisotopic (exact) mass is 274 g/mol. The standard InChI is InChI=1S/C16H26N4/c1-2-17-16(20-13-14-9-10-14)19-12-6-11-18-15-7-4-3-5-8-15/h3-5,7-8,14,18H,2,6,9-13H2,1H3,(H2,17,19,20). The summed E-state index contributed by atoms with van der Waals surface area (Å²) < 4.78 is 0. The Morgan fingerprint density at radius 3 is 2.65 bits per heavy atom. The number of hydrogen-bond donors (Lipinski definition) is 3. The molecule has 1 aromatic rings. The van der Waals surface area contributed by atoms with E-state index in [9.17, 15) is 0 Å². The van der Waals surface area contributed by atoms with Crippen molar-refractivity contribution < 1.29 is 0 Å². The van der Waals surface area contributed by atoms with Gasteiger partial charge < -0.3 is 16.0 Å². The zero-order valence-electron chi connectivity index (χ0n) is 12.4. The van der Waals surface area contributed by atoms with Gasteiger partial charge in [-0.05, 0) is 44.2 Å². The van der Waals surface area contributed by atoms with E-state index in [-0.39, 0.29) is 0 Å². The van der Waals surface area contributed by atoms with Crippen molar-refractivity contribution in [3.8, 4) is 0 Å². The largest absolute Gasteiger partial charge is 0.385 e. The van der Waals surface area contributed by atoms with Crippen LogP contribution in [0.3, 0.4) is 0 Å². The van der Waals surface area contributed by atoms with Gasteiger partial charge in [-0.3, -0.25) is 4.99 Å². The third-order valence-corrected chi connectivity index (χ3v) is 3.30. The maximum Gasteiger partial charge on any atom is 0.191 e. The molecule has 0 radical (unpaired) electrons. The summed E-state index contributed by atoms with van der Waals surface area (Å²) in [5, 5.41) is 10.1. The lowest BCUT2D eigenvalue weighted by Gasteiger charge is -2.11. The molecule has 0 spiro atoms. The number of nitrogens with zero attached hydrogens (tertiary/aromatic N) is 1. The Morgan fingerprint density at radius 1 is 1.15 bits per heavy atom. The number of para-hydroxylation sites is 1. The first-order chi connectivity index (χ1) is 9.88. The first kappa shape index (κ1) is 14.7. The van der Waals surface area contributed by atoms with Crippen molar-refractivity contribution in [2.75, 3.05) is 31.5 Å². The van der Waals surface area contributed by atoms with Gasteiger partial charge in [-0.25, -0.2) is 0 Å². The average Bonchev–Trinajstić information content (AvgIpc) is 3.29. The van der Waals surface area contributed by atoms with Gasteiger partial charge in [0.15, 0.2) is 5.96 Å². The second kappa shape index (κ2) is 8.46. The Kier molecular flexibility index (Phi) is 6.21. The fourth-order valence-corrected chi connectivity index (χ4v) is 1.95. The maximum absolute atomic E-state index is 4.61. The fraction of sp³-hybridized carbons (Fsp3) is 0.562. The van der Waals surface area contributed by atoms with Crippen LogP contribution in [0.15, 0.2) is 35.3 Å². The van der Waals surface area contributed by atoms with Crippen molar-refractivity contribution in [3.63, 3.8) is 0 Å². The van der Waals surface area contributed by atoms with Crippen LogP contribution < -0.4 is 16.0 Å². The smallest absolute Gasteiger partial charge is 0.191 e. The van der Waals surface area contributed by atoms with Crippen LogP contribution in [0.4, 0.5) is 5.69 Å². The Morgan fingerprint density at radius 2 is 1.95 bits per heavy atom. The van der Waals surface area contributed by atoms with Crippen LogP contribution in [0.1, 0.15) is 26.2 Å². The van der Waals surface area contributed by atoms with Gasteiger partial charge in [-0.2, -0.15) is 0 Å². The van der Waals surface area contributed by atoms with Crippen LogP contribution in [0, 0.1) is 5.92 Å². The molecular formula is C16H26N4. The summed E-state index contributed by atoms with van der Waals surface area (Å²) in [6, 6.07) is 10.3. The Bertz CT molecular complexity index is 398. The molecule has 0 heterocycles. The molecular weight excluding hydrogens is 248 g/mol. The Hall–Kier alpha value is -1.71. The molecule has 3 N–H and O–H groups in total. The summed E-state index contributed by atoms with van der Waals surface area (Å²) in [5.41, 5.74) is 1.18. The second-order valence-corrected chi connectivity index (χ2v) is 5.24. The highest BCUT2D eigenvalue weighted by Gasteiger charge is 2.20. The fourth-order valence-electron chi connectivity index (χ4n) is 1.95. The second-order valence-electron chi connectivity index (χ2n) is 5.24. The van der Waals surface area contributed by atoms with E-state index in [4.69, 9.17) is 0 Å². The minimum absolute atomic E-state index is 0.838. The van der Waals surface area contributed by atoms with Gasteiger partial charge >= 0.3 is 0 Å². The summed E-state index contributed by atoms with van der Waals surface area (Å²) in [6.07, 6.45) is 3.77. The number of guanidine groups is 1. The zero-order chi connectivity index (χ0) is 14.0. The molecule has 2 rings (SSSR count). The van der Waals surface area contributed by atoms with Gasteiger partial charge in [0.1, 0.15) is 0 Å². The lowest BCUT2D eigenvalue weighted by molar-refractivity contribution is 0.753. The van der Waals surface area contributed by atoms with E-state index in [0.29, 0.717) is 0 Å². The topological polar surface area (TPSA) is 48.5 Å². The van der Waals surface area contributed by atoms with Crippen LogP contribution in [0.5, 0.6) is 0 Å². The summed E-state index contributed by atoms with van der Waals surface area (Å²) in [7, 11) is 0. The molecule has 0 aliphatic heterocycles. The third-order valence-electron chi connectivity index (χ3n) is 3.30. The molecule has 4 nitrogen and oxygen atoms in total. The van der Waals surface area contributed by atoms with Gasteiger partial charge in [0, 0.05) is 31.9 Å². The summed E-state index contributed by atoms with van der Waals surface area (Å²) >= 11 is 0. The quantitative estimate of drug-likeness (QED) is 0.388. The van der Waals surface area contributed by atoms with E-state index in [1.54, 1.807) is 0 Å². The third kappa shape index (κ3) is 5.95. The van der Waals surface area contributed by atoms with E-state index in [0.717, 1.165) is 44.5 Å². The number of rotatable bonds is 8. The number of hydrogen-bond acceptors (Lipinski definition) is 2. The van der Waals surface area contributed by atoms with Crippen LogP contribution in [-0.4, -0.2) is 32.1 Å². The SMILES string of the molecule is CCNC(=NCC1CC1)NCCCNc1ccccc1. The van der Waals surface area contributed by atoms with E-state index >= 15 is 0 Å². The molecule has 0 amide bonds. The number of benzene rings is 1. The molecule has 0 atom stereocenters. The van der Waals surface area contributed by atoms with Gasteiger partial charge in [0.25, 0.3) is 0 Å². The van der Waals surface area contributed by atoms with Crippen molar-refractivity contribution in [1.29, 1.82) is 0 Å². The molecule has 0 bridgehead atoms. The molecule has 1 aliphatic carbocycles. The molecule has 1 aromatic carbocycles. The number of anilines is 1. The van der Waals surface area contributed by atoms with Crippen molar-refractivity contribution in [2.45, 2.75) is 26.2 Å². The average molecular weight is 274 g/mol. The first-order valence-corrected chi connectivity index (χ1v) is 7.69. The van der Waals surface area contributed by atoms with E-state index in [1.165, 1.54) is 18.5 Å². The lowest BCUT2D eigenvalue weighted by atomic mass is 10.3. The summed E-state index contributed by atoms with van der Waals surface area (Å²) in [5.74, 6) is 1.80. The van der Waals surface area contributed by atoms with Crippen LogP contribution in [-0.2, 0) is 0 Å². The van der Waals surface area contributed by atoms with Gasteiger partial charge in [-0.1, -0.05) is 18.2 Å². The van der Waals surface area contributed by atoms with Gasteiger partial charge in [0.05, 0.1) is 0 Å². The molecule has 1 saturated carbocycles. The van der Waals surface area contributed by atoms with Crippen LogP contribution in [0.25, 0.3) is 0 Å². The van der Waals surface area contributed by atoms with Gasteiger partial charge in [-0.15, -0.1) is 0 Å². The van der Waals surface area contributed by atoms with Crippen molar-refractivity contribution in [2.24, 2.45) is 10.9 Å². The molecule has 20 heavy (non-hydrogen) atoms. The van der Waals surface area contributed by atoms with Crippen LogP contribution >= 0.6 is 0 Å².